The maximum Gasteiger partial charge on any atom is 0.133 e. The van der Waals surface area contributed by atoms with E-state index in [1.165, 1.54) is 17.7 Å². The van der Waals surface area contributed by atoms with Crippen LogP contribution in [0.4, 0.5) is 8.78 Å². The Kier molecular flexibility index (Phi) is 6.49. The minimum absolute atomic E-state index is 0. The molecule has 0 amide bonds. The van der Waals surface area contributed by atoms with Crippen molar-refractivity contribution in [1.82, 2.24) is 4.90 Å². The van der Waals surface area contributed by atoms with Crippen molar-refractivity contribution >= 4 is 18.5 Å². The van der Waals surface area contributed by atoms with Crippen LogP contribution in [0.5, 0.6) is 0 Å². The lowest BCUT2D eigenvalue weighted by atomic mass is 9.95. The fraction of sp³-hybridized carbons (Fsp3) is 0.263. The van der Waals surface area contributed by atoms with Gasteiger partial charge in [-0.25, -0.2) is 8.78 Å². The summed E-state index contributed by atoms with van der Waals surface area (Å²) in [5, 5.41) is 0. The second-order valence-electron chi connectivity index (χ2n) is 5.97. The van der Waals surface area contributed by atoms with Crippen molar-refractivity contribution in [3.63, 3.8) is 0 Å². The van der Waals surface area contributed by atoms with Gasteiger partial charge in [-0.05, 0) is 17.7 Å². The largest absolute Gasteiger partial charge is 0.326 e. The van der Waals surface area contributed by atoms with Crippen LogP contribution in [0, 0.1) is 11.6 Å². The molecule has 0 radical (unpaired) electrons. The Morgan fingerprint density at radius 3 is 2.54 bits per heavy atom. The molecule has 128 valence electrons. The van der Waals surface area contributed by atoms with Gasteiger partial charge in [0.25, 0.3) is 0 Å². The Hall–Kier alpha value is -1.75. The van der Waals surface area contributed by atoms with E-state index in [0.29, 0.717) is 18.0 Å². The number of halogens is 3. The Morgan fingerprint density at radius 2 is 1.83 bits per heavy atom. The molecule has 24 heavy (non-hydrogen) atoms. The maximum absolute atomic E-state index is 13.6. The highest BCUT2D eigenvalue weighted by molar-refractivity contribution is 5.85. The average molecular weight is 351 g/mol. The first-order chi connectivity index (χ1) is 11.1. The second-order valence-corrected chi connectivity index (χ2v) is 5.97. The fourth-order valence-electron chi connectivity index (χ4n) is 3.08. The Labute approximate surface area is 147 Å². The molecule has 2 atom stereocenters. The summed E-state index contributed by atoms with van der Waals surface area (Å²) in [4.78, 5) is 2.25. The molecule has 2 N–H and O–H groups in total. The van der Waals surface area contributed by atoms with Gasteiger partial charge in [0.2, 0.25) is 0 Å². The highest BCUT2D eigenvalue weighted by Gasteiger charge is 2.30. The third kappa shape index (κ3) is 4.41. The average Bonchev–Trinajstić information content (AvgIpc) is 2.91. The first-order valence-electron chi connectivity index (χ1n) is 7.78. The highest BCUT2D eigenvalue weighted by Crippen LogP contribution is 2.26. The van der Waals surface area contributed by atoms with Crippen LogP contribution in [-0.2, 0) is 0 Å². The van der Waals surface area contributed by atoms with E-state index < -0.39 is 11.6 Å². The lowest BCUT2D eigenvalue weighted by Crippen LogP contribution is -2.28. The molecular formula is C19H21ClF2N2. The van der Waals surface area contributed by atoms with E-state index in [0.717, 1.165) is 19.2 Å². The summed E-state index contributed by atoms with van der Waals surface area (Å²) in [5.74, 6) is -0.774. The van der Waals surface area contributed by atoms with Gasteiger partial charge in [-0.3, -0.25) is 4.90 Å². The van der Waals surface area contributed by atoms with E-state index in [9.17, 15) is 8.78 Å². The van der Waals surface area contributed by atoms with Gasteiger partial charge in [0.15, 0.2) is 0 Å². The topological polar surface area (TPSA) is 29.3 Å². The van der Waals surface area contributed by atoms with Gasteiger partial charge in [0.05, 0.1) is 0 Å². The van der Waals surface area contributed by atoms with Crippen molar-refractivity contribution in [3.05, 3.63) is 77.4 Å². The zero-order chi connectivity index (χ0) is 16.2. The van der Waals surface area contributed by atoms with Crippen LogP contribution in [0.15, 0.2) is 54.6 Å². The molecule has 1 aliphatic rings. The molecule has 0 aliphatic carbocycles. The van der Waals surface area contributed by atoms with Gasteiger partial charge >= 0.3 is 0 Å². The fourth-order valence-corrected chi connectivity index (χ4v) is 3.08. The zero-order valence-electron chi connectivity index (χ0n) is 13.2. The minimum atomic E-state index is -0.559. The van der Waals surface area contributed by atoms with E-state index in [2.05, 4.69) is 17.0 Å². The Balaban J connectivity index is 0.00000208. The molecule has 1 saturated heterocycles. The summed E-state index contributed by atoms with van der Waals surface area (Å²) in [7, 11) is 0. The molecule has 0 bridgehead atoms. The molecule has 2 nitrogen and oxygen atoms in total. The van der Waals surface area contributed by atoms with Crippen molar-refractivity contribution < 1.29 is 8.78 Å². The minimum Gasteiger partial charge on any atom is -0.326 e. The summed E-state index contributed by atoms with van der Waals surface area (Å²) >= 11 is 0. The lowest BCUT2D eigenvalue weighted by Gasteiger charge is -2.14. The van der Waals surface area contributed by atoms with E-state index in [-0.39, 0.29) is 18.4 Å². The van der Waals surface area contributed by atoms with Crippen LogP contribution in [0.25, 0.3) is 6.08 Å². The SMILES string of the molecule is Cl.N[C@@H]1CN(C/C=C/c2ccc(F)cc2F)C[C@H]1c1ccccc1. The predicted molar refractivity (Wildman–Crippen MR) is 96.2 cm³/mol. The van der Waals surface area contributed by atoms with Crippen molar-refractivity contribution in [1.29, 1.82) is 0 Å². The highest BCUT2D eigenvalue weighted by atomic mass is 35.5. The van der Waals surface area contributed by atoms with Gasteiger partial charge < -0.3 is 5.73 Å². The van der Waals surface area contributed by atoms with Gasteiger partial charge in [-0.15, -0.1) is 12.4 Å². The van der Waals surface area contributed by atoms with Gasteiger partial charge in [0, 0.05) is 43.2 Å². The lowest BCUT2D eigenvalue weighted by molar-refractivity contribution is 0.369. The molecule has 3 rings (SSSR count). The second kappa shape index (κ2) is 8.38. The van der Waals surface area contributed by atoms with E-state index in [4.69, 9.17) is 5.73 Å². The third-order valence-corrected chi connectivity index (χ3v) is 4.29. The number of rotatable bonds is 4. The summed E-state index contributed by atoms with van der Waals surface area (Å²) in [6.45, 7) is 2.41. The van der Waals surface area contributed by atoms with Crippen LogP contribution in [0.2, 0.25) is 0 Å². The number of hydrogen-bond acceptors (Lipinski definition) is 2. The molecule has 0 saturated carbocycles. The number of likely N-dealkylation sites (tertiary alicyclic amines) is 1. The molecule has 0 unspecified atom stereocenters. The normalized spacial score (nSPS) is 21.1. The molecule has 2 aromatic rings. The van der Waals surface area contributed by atoms with Crippen molar-refractivity contribution in [2.75, 3.05) is 19.6 Å². The first kappa shape index (κ1) is 18.6. The van der Waals surface area contributed by atoms with Crippen LogP contribution in [0.1, 0.15) is 17.0 Å². The van der Waals surface area contributed by atoms with Gasteiger partial charge in [-0.2, -0.15) is 0 Å². The quantitative estimate of drug-likeness (QED) is 0.908. The molecular weight excluding hydrogens is 330 g/mol. The van der Waals surface area contributed by atoms with E-state index in [1.54, 1.807) is 6.08 Å². The standard InChI is InChI=1S/C19H20F2N2.ClH/c20-16-9-8-15(18(21)11-16)7-4-10-23-12-17(19(22)13-23)14-5-2-1-3-6-14;/h1-9,11,17,19H,10,12-13,22H2;1H/b7-4+;/t17-,19+;/m0./s1. The summed E-state index contributed by atoms with van der Waals surface area (Å²) in [5.41, 5.74) is 7.92. The van der Waals surface area contributed by atoms with Crippen LogP contribution >= 0.6 is 12.4 Å². The summed E-state index contributed by atoms with van der Waals surface area (Å²) in [6.07, 6.45) is 3.59. The van der Waals surface area contributed by atoms with Gasteiger partial charge in [0.1, 0.15) is 11.6 Å². The molecule has 0 aromatic heterocycles. The predicted octanol–water partition coefficient (Wildman–Crippen LogP) is 3.83. The molecule has 2 aromatic carbocycles. The molecule has 5 heteroatoms. The summed E-state index contributed by atoms with van der Waals surface area (Å²) in [6, 6.07) is 14.0. The molecule has 1 heterocycles. The van der Waals surface area contributed by atoms with Crippen LogP contribution in [0.3, 0.4) is 0 Å². The number of hydrogen-bond donors (Lipinski definition) is 1. The first-order valence-corrected chi connectivity index (χ1v) is 7.78. The number of nitrogens with zero attached hydrogens (tertiary/aromatic N) is 1. The summed E-state index contributed by atoms with van der Waals surface area (Å²) < 4.78 is 26.4. The van der Waals surface area contributed by atoms with E-state index in [1.807, 2.05) is 24.3 Å². The Morgan fingerprint density at radius 1 is 1.08 bits per heavy atom. The number of benzene rings is 2. The maximum atomic E-state index is 13.6. The molecule has 0 spiro atoms. The van der Waals surface area contributed by atoms with Crippen molar-refractivity contribution in [2.24, 2.45) is 5.73 Å². The molecule has 1 fully saturated rings. The number of nitrogens with two attached hydrogens (primary N) is 1. The van der Waals surface area contributed by atoms with E-state index >= 15 is 0 Å². The van der Waals surface area contributed by atoms with Crippen molar-refractivity contribution in [2.45, 2.75) is 12.0 Å². The smallest absolute Gasteiger partial charge is 0.133 e. The van der Waals surface area contributed by atoms with Crippen LogP contribution < -0.4 is 5.73 Å². The van der Waals surface area contributed by atoms with Crippen LogP contribution in [-0.4, -0.2) is 30.6 Å². The zero-order valence-corrected chi connectivity index (χ0v) is 14.1. The third-order valence-electron chi connectivity index (χ3n) is 4.29. The van der Waals surface area contributed by atoms with Gasteiger partial charge in [-0.1, -0.05) is 42.5 Å². The Bertz CT molecular complexity index is 691. The van der Waals surface area contributed by atoms with Crippen molar-refractivity contribution in [3.8, 4) is 0 Å². The monoisotopic (exact) mass is 350 g/mol. The molecule has 1 aliphatic heterocycles.